The maximum atomic E-state index is 5.79. The van der Waals surface area contributed by atoms with Gasteiger partial charge in [0.2, 0.25) is 0 Å². The van der Waals surface area contributed by atoms with Crippen molar-refractivity contribution in [2.45, 2.75) is 52.5 Å². The van der Waals surface area contributed by atoms with Crippen LogP contribution >= 0.6 is 0 Å². The van der Waals surface area contributed by atoms with E-state index in [1.165, 1.54) is 24.0 Å². The van der Waals surface area contributed by atoms with Crippen molar-refractivity contribution in [1.82, 2.24) is 0 Å². The molecule has 6 heteroatoms. The van der Waals surface area contributed by atoms with Crippen molar-refractivity contribution in [2.24, 2.45) is 20.5 Å². The zero-order valence-corrected chi connectivity index (χ0v) is 25.0. The molecule has 0 radical (unpaired) electrons. The molecular weight excluding hydrogens is 530 g/mol. The molecule has 0 aromatic heterocycles. The summed E-state index contributed by atoms with van der Waals surface area (Å²) < 4.78 is 5.79. The van der Waals surface area contributed by atoms with Crippen LogP contribution in [-0.2, 0) is 13.0 Å². The number of aryl methyl sites for hydroxylation is 1. The summed E-state index contributed by atoms with van der Waals surface area (Å²) in [5.41, 5.74) is 6.78. The fourth-order valence-corrected chi connectivity index (χ4v) is 4.68. The molecule has 1 N–H and O–H groups in total. The highest BCUT2D eigenvalue weighted by Gasteiger charge is 2.06. The number of anilines is 1. The maximum Gasteiger partial charge on any atom is 0.119 e. The molecule has 5 aromatic carbocycles. The number of azo groups is 2. The zero-order chi connectivity index (χ0) is 29.7. The van der Waals surface area contributed by atoms with Crippen molar-refractivity contribution < 1.29 is 4.74 Å². The number of unbranched alkanes of at least 4 members (excludes halogenated alkanes) is 2. The summed E-state index contributed by atoms with van der Waals surface area (Å²) in [5, 5.41) is 23.6. The van der Waals surface area contributed by atoms with Crippen LogP contribution in [0.5, 0.6) is 5.75 Å². The van der Waals surface area contributed by atoms with Crippen LogP contribution in [0.15, 0.2) is 130 Å². The molecule has 0 atom stereocenters. The van der Waals surface area contributed by atoms with E-state index in [9.17, 15) is 0 Å². The van der Waals surface area contributed by atoms with Gasteiger partial charge in [-0.15, -0.1) is 5.11 Å². The third-order valence-corrected chi connectivity index (χ3v) is 7.23. The minimum Gasteiger partial charge on any atom is -0.494 e. The van der Waals surface area contributed by atoms with Crippen molar-refractivity contribution >= 4 is 39.2 Å². The Kier molecular flexibility index (Phi) is 10.6. The van der Waals surface area contributed by atoms with Gasteiger partial charge < -0.3 is 10.1 Å². The van der Waals surface area contributed by atoms with Crippen LogP contribution in [0.4, 0.5) is 28.4 Å². The van der Waals surface area contributed by atoms with Gasteiger partial charge in [0.05, 0.1) is 29.4 Å². The van der Waals surface area contributed by atoms with Crippen LogP contribution in [-0.4, -0.2) is 6.61 Å². The van der Waals surface area contributed by atoms with Gasteiger partial charge in [-0.3, -0.25) is 0 Å². The SMILES string of the molecule is CCCCOc1ccc(CNc2ccc(N=Nc3ccc(N=Nc4ccc(CCCC)cc4)cc3)c3ccccc23)cc1. The Labute approximate surface area is 254 Å². The van der Waals surface area contributed by atoms with Gasteiger partial charge in [0.25, 0.3) is 0 Å². The van der Waals surface area contributed by atoms with E-state index in [4.69, 9.17) is 4.74 Å². The molecule has 0 amide bonds. The number of nitrogens with zero attached hydrogens (tertiary/aromatic N) is 4. The average molecular weight is 570 g/mol. The van der Waals surface area contributed by atoms with Crippen molar-refractivity contribution in [3.8, 4) is 5.75 Å². The Balaban J connectivity index is 1.21. The first-order chi connectivity index (χ1) is 21.2. The fraction of sp³-hybridized carbons (Fsp3) is 0.243. The molecule has 0 heterocycles. The molecule has 0 bridgehead atoms. The van der Waals surface area contributed by atoms with E-state index in [0.717, 1.165) is 70.8 Å². The van der Waals surface area contributed by atoms with Gasteiger partial charge in [-0.2, -0.15) is 15.3 Å². The Bertz CT molecular complexity index is 1640. The first-order valence-electron chi connectivity index (χ1n) is 15.2. The normalized spacial score (nSPS) is 11.5. The lowest BCUT2D eigenvalue weighted by Crippen LogP contribution is -2.01. The highest BCUT2D eigenvalue weighted by atomic mass is 16.5. The molecule has 0 aliphatic rings. The van der Waals surface area contributed by atoms with E-state index >= 15 is 0 Å². The summed E-state index contributed by atoms with van der Waals surface area (Å²) in [6.45, 7) is 5.85. The van der Waals surface area contributed by atoms with Gasteiger partial charge in [-0.05, 0) is 91.1 Å². The second kappa shape index (κ2) is 15.4. The number of rotatable bonds is 14. The van der Waals surface area contributed by atoms with E-state index in [2.05, 4.69) is 82.1 Å². The molecule has 43 heavy (non-hydrogen) atoms. The number of hydrogen-bond acceptors (Lipinski definition) is 6. The monoisotopic (exact) mass is 569 g/mol. The number of ether oxygens (including phenoxy) is 1. The van der Waals surface area contributed by atoms with E-state index in [-0.39, 0.29) is 0 Å². The molecule has 5 aromatic rings. The Hall–Kier alpha value is -4.84. The van der Waals surface area contributed by atoms with Crippen LogP contribution in [0.3, 0.4) is 0 Å². The van der Waals surface area contributed by atoms with E-state index in [1.54, 1.807) is 0 Å². The minimum atomic E-state index is 0.716. The second-order valence-corrected chi connectivity index (χ2v) is 10.6. The molecule has 0 spiro atoms. The van der Waals surface area contributed by atoms with E-state index < -0.39 is 0 Å². The molecule has 0 fully saturated rings. The Morgan fingerprint density at radius 1 is 0.558 bits per heavy atom. The number of benzene rings is 5. The van der Waals surface area contributed by atoms with Crippen LogP contribution in [0.25, 0.3) is 10.8 Å². The Morgan fingerprint density at radius 2 is 1.14 bits per heavy atom. The van der Waals surface area contributed by atoms with Crippen molar-refractivity contribution in [3.63, 3.8) is 0 Å². The molecule has 0 unspecified atom stereocenters. The lowest BCUT2D eigenvalue weighted by Gasteiger charge is -2.12. The first kappa shape index (κ1) is 29.6. The van der Waals surface area contributed by atoms with Crippen LogP contribution in [0, 0.1) is 0 Å². The third kappa shape index (κ3) is 8.58. The lowest BCUT2D eigenvalue weighted by atomic mass is 10.1. The summed E-state index contributed by atoms with van der Waals surface area (Å²) >= 11 is 0. The average Bonchev–Trinajstić information content (AvgIpc) is 3.06. The predicted octanol–water partition coefficient (Wildman–Crippen LogP) is 11.8. The topological polar surface area (TPSA) is 70.7 Å². The molecular formula is C37H39N5O. The molecule has 5 rings (SSSR count). The number of fused-ring (bicyclic) bond motifs is 1. The second-order valence-electron chi connectivity index (χ2n) is 10.6. The van der Waals surface area contributed by atoms with Gasteiger partial charge in [0, 0.05) is 23.0 Å². The summed E-state index contributed by atoms with van der Waals surface area (Å²) in [4.78, 5) is 0. The van der Waals surface area contributed by atoms with Crippen molar-refractivity contribution in [1.29, 1.82) is 0 Å². The molecule has 0 aliphatic heterocycles. The predicted molar refractivity (Wildman–Crippen MR) is 178 cm³/mol. The molecule has 6 nitrogen and oxygen atoms in total. The standard InChI is InChI=1S/C37H39N5O/c1-3-5-9-28-12-16-30(17-13-28)39-40-31-18-20-32(21-19-31)41-42-37-25-24-36(34-10-7-8-11-35(34)37)38-27-29-14-22-33(23-15-29)43-26-6-4-2/h7-8,10-25,38H,3-6,9,26-27H2,1-2H3. The first-order valence-corrected chi connectivity index (χ1v) is 15.2. The smallest absolute Gasteiger partial charge is 0.119 e. The molecule has 0 saturated heterocycles. The zero-order valence-electron chi connectivity index (χ0n) is 25.0. The van der Waals surface area contributed by atoms with Gasteiger partial charge in [0.15, 0.2) is 0 Å². The summed E-state index contributed by atoms with van der Waals surface area (Å²) in [7, 11) is 0. The lowest BCUT2D eigenvalue weighted by molar-refractivity contribution is 0.309. The highest BCUT2D eigenvalue weighted by molar-refractivity contribution is 6.00. The van der Waals surface area contributed by atoms with Crippen LogP contribution in [0.2, 0.25) is 0 Å². The Morgan fingerprint density at radius 3 is 1.79 bits per heavy atom. The van der Waals surface area contributed by atoms with Gasteiger partial charge in [-0.1, -0.05) is 75.2 Å². The van der Waals surface area contributed by atoms with Crippen molar-refractivity contribution in [3.05, 3.63) is 120 Å². The van der Waals surface area contributed by atoms with Crippen LogP contribution in [0.1, 0.15) is 50.7 Å². The summed E-state index contributed by atoms with van der Waals surface area (Å²) in [6.07, 6.45) is 5.70. The summed E-state index contributed by atoms with van der Waals surface area (Å²) in [6, 6.07) is 36.6. The van der Waals surface area contributed by atoms with Gasteiger partial charge in [0.1, 0.15) is 5.75 Å². The van der Waals surface area contributed by atoms with E-state index in [1.807, 2.05) is 66.7 Å². The minimum absolute atomic E-state index is 0.716. The van der Waals surface area contributed by atoms with Gasteiger partial charge >= 0.3 is 0 Å². The van der Waals surface area contributed by atoms with Crippen molar-refractivity contribution in [2.75, 3.05) is 11.9 Å². The maximum absolute atomic E-state index is 5.79. The van der Waals surface area contributed by atoms with Crippen LogP contribution < -0.4 is 10.1 Å². The number of hydrogen-bond donors (Lipinski definition) is 1. The quantitative estimate of drug-likeness (QED) is 0.107. The third-order valence-electron chi connectivity index (χ3n) is 7.23. The summed E-state index contributed by atoms with van der Waals surface area (Å²) in [5.74, 6) is 0.916. The van der Waals surface area contributed by atoms with E-state index in [0.29, 0.717) is 6.54 Å². The van der Waals surface area contributed by atoms with Gasteiger partial charge in [-0.25, -0.2) is 0 Å². The molecule has 0 saturated carbocycles. The number of nitrogens with one attached hydrogen (secondary N) is 1. The molecule has 218 valence electrons. The highest BCUT2D eigenvalue weighted by Crippen LogP contribution is 2.33. The largest absolute Gasteiger partial charge is 0.494 e. The fourth-order valence-electron chi connectivity index (χ4n) is 4.68. The molecule has 0 aliphatic carbocycles.